The summed E-state index contributed by atoms with van der Waals surface area (Å²) in [6.45, 7) is 4.48. The van der Waals surface area contributed by atoms with E-state index >= 15 is 0 Å². The molecule has 0 nitrogen and oxygen atoms in total. The second-order valence-corrected chi connectivity index (χ2v) is 15.7. The van der Waals surface area contributed by atoms with Crippen molar-refractivity contribution in [1.82, 2.24) is 0 Å². The van der Waals surface area contributed by atoms with Gasteiger partial charge in [-0.3, -0.25) is 0 Å². The van der Waals surface area contributed by atoms with Crippen LogP contribution in [0.2, 0.25) is 0 Å². The van der Waals surface area contributed by atoms with Crippen LogP contribution >= 0.6 is 0 Å². The maximum absolute atomic E-state index is 2.52. The van der Waals surface area contributed by atoms with Crippen LogP contribution in [0.25, 0.3) is 11.1 Å². The Labute approximate surface area is 210 Å². The second kappa shape index (κ2) is 9.05. The zero-order chi connectivity index (χ0) is 23.1. The molecule has 0 aliphatic heterocycles. The molecule has 164 valence electrons. The fourth-order valence-corrected chi connectivity index (χ4v) is 14.6. The van der Waals surface area contributed by atoms with Crippen LogP contribution in [0.15, 0.2) is 119 Å². The Morgan fingerprint density at radius 3 is 1.68 bits per heavy atom. The maximum atomic E-state index is 2.48. The summed E-state index contributed by atoms with van der Waals surface area (Å²) in [6, 6.07) is 36.6. The van der Waals surface area contributed by atoms with Gasteiger partial charge in [-0.15, -0.1) is 0 Å². The number of allylic oxidation sites excluding steroid dienone is 4. The Hall–Kier alpha value is -2.89. The first-order chi connectivity index (χ1) is 16.7. The van der Waals surface area contributed by atoms with E-state index in [1.807, 2.05) is 0 Å². The summed E-state index contributed by atoms with van der Waals surface area (Å²) in [5.41, 5.74) is 11.5. The minimum absolute atomic E-state index is 0.480. The summed E-state index contributed by atoms with van der Waals surface area (Å²) in [5, 5.41) is 0. The van der Waals surface area contributed by atoms with E-state index in [1.54, 1.807) is 17.6 Å². The molecule has 0 radical (unpaired) electrons. The summed E-state index contributed by atoms with van der Waals surface area (Å²) < 4.78 is 3.79. The Balaban J connectivity index is 1.74. The SMILES string of the molecule is Cc1ccc2c(c1)[CH]([Zr]([C]1=CC=CC1)=[C](c1ccccc1)c1ccccc1)c1cc(C)ccc1-2. The van der Waals surface area contributed by atoms with Crippen molar-refractivity contribution < 1.29 is 21.3 Å². The van der Waals surface area contributed by atoms with Gasteiger partial charge in [0.25, 0.3) is 0 Å². The van der Waals surface area contributed by atoms with E-state index < -0.39 is 21.3 Å². The first kappa shape index (κ1) is 21.6. The third-order valence-electron chi connectivity index (χ3n) is 7.13. The average molecular weight is 516 g/mol. The van der Waals surface area contributed by atoms with Crippen molar-refractivity contribution in [3.63, 3.8) is 0 Å². The predicted molar refractivity (Wildman–Crippen MR) is 141 cm³/mol. The first-order valence-corrected chi connectivity index (χ1v) is 16.0. The van der Waals surface area contributed by atoms with Crippen molar-refractivity contribution in [3.8, 4) is 11.1 Å². The molecule has 4 aromatic rings. The van der Waals surface area contributed by atoms with Gasteiger partial charge in [0.2, 0.25) is 0 Å². The van der Waals surface area contributed by atoms with E-state index in [0.717, 1.165) is 6.42 Å². The first-order valence-electron chi connectivity index (χ1n) is 12.1. The van der Waals surface area contributed by atoms with Crippen LogP contribution in [0.4, 0.5) is 0 Å². The van der Waals surface area contributed by atoms with Gasteiger partial charge in [-0.25, -0.2) is 0 Å². The fourth-order valence-electron chi connectivity index (χ4n) is 5.64. The van der Waals surface area contributed by atoms with Gasteiger partial charge >= 0.3 is 211 Å². The molecule has 34 heavy (non-hydrogen) atoms. The summed E-state index contributed by atoms with van der Waals surface area (Å²) in [7, 11) is 0. The molecule has 1 heteroatoms. The van der Waals surface area contributed by atoms with Gasteiger partial charge in [0.1, 0.15) is 0 Å². The second-order valence-electron chi connectivity index (χ2n) is 9.46. The van der Waals surface area contributed by atoms with Gasteiger partial charge in [0, 0.05) is 0 Å². The normalized spacial score (nSPS) is 14.0. The van der Waals surface area contributed by atoms with Gasteiger partial charge in [0.05, 0.1) is 0 Å². The zero-order valence-electron chi connectivity index (χ0n) is 19.8. The molecule has 0 unspecified atom stereocenters. The summed E-state index contributed by atoms with van der Waals surface area (Å²) in [5.74, 6) is 0. The number of fused-ring (bicyclic) bond motifs is 3. The van der Waals surface area contributed by atoms with Crippen molar-refractivity contribution in [3.05, 3.63) is 152 Å². The molecular formula is C33H28Zr. The number of benzene rings is 4. The molecule has 0 bridgehead atoms. The van der Waals surface area contributed by atoms with Gasteiger partial charge in [-0.05, 0) is 0 Å². The number of rotatable bonds is 4. The molecule has 0 amide bonds. The molecule has 0 saturated carbocycles. The number of hydrogen-bond donors (Lipinski definition) is 0. The topological polar surface area (TPSA) is 0 Å². The summed E-state index contributed by atoms with van der Waals surface area (Å²) in [6.07, 6.45) is 8.18. The van der Waals surface area contributed by atoms with Crippen molar-refractivity contribution in [2.75, 3.05) is 0 Å². The summed E-state index contributed by atoms with van der Waals surface area (Å²) in [4.78, 5) is 0. The van der Waals surface area contributed by atoms with Crippen LogP contribution in [0.3, 0.4) is 0 Å². The van der Waals surface area contributed by atoms with Gasteiger partial charge in [-0.1, -0.05) is 0 Å². The van der Waals surface area contributed by atoms with Crippen LogP contribution < -0.4 is 0 Å². The minimum atomic E-state index is -2.52. The number of hydrogen-bond acceptors (Lipinski definition) is 0. The van der Waals surface area contributed by atoms with Crippen molar-refractivity contribution in [2.24, 2.45) is 0 Å². The Morgan fingerprint density at radius 2 is 1.21 bits per heavy atom. The van der Waals surface area contributed by atoms with E-state index in [4.69, 9.17) is 0 Å². The Bertz CT molecular complexity index is 1380. The number of aryl methyl sites for hydroxylation is 2. The molecule has 0 N–H and O–H groups in total. The van der Waals surface area contributed by atoms with Crippen LogP contribution in [-0.4, -0.2) is 3.21 Å². The quantitative estimate of drug-likeness (QED) is 0.257. The average Bonchev–Trinajstić information content (AvgIpc) is 3.50. The third-order valence-corrected chi connectivity index (χ3v) is 15.4. The van der Waals surface area contributed by atoms with Gasteiger partial charge in [-0.2, -0.15) is 0 Å². The Morgan fingerprint density at radius 1 is 0.676 bits per heavy atom. The van der Waals surface area contributed by atoms with Crippen LogP contribution in [0, 0.1) is 13.8 Å². The molecule has 0 heterocycles. The third kappa shape index (κ3) is 3.77. The van der Waals surface area contributed by atoms with E-state index in [-0.39, 0.29) is 0 Å². The van der Waals surface area contributed by atoms with E-state index in [9.17, 15) is 0 Å². The standard InChI is InChI=1S/C15H13.C13H10.C5H5.Zr/c1-10-3-5-14-12(7-10)9-13-8-11(2)4-6-15(13)14;1-3-7-12(8-4-1)11-13-9-5-2-6-10-13;1-2-4-5-3-1;/h3-9H,1-2H3;1-10H;1-3H,4H2;. The van der Waals surface area contributed by atoms with E-state index in [0.29, 0.717) is 3.63 Å². The van der Waals surface area contributed by atoms with Gasteiger partial charge in [0.15, 0.2) is 0 Å². The van der Waals surface area contributed by atoms with Crippen LogP contribution in [0.1, 0.15) is 43.4 Å². The molecule has 4 aromatic carbocycles. The predicted octanol–water partition coefficient (Wildman–Crippen LogP) is 8.10. The molecule has 0 aromatic heterocycles. The molecule has 2 aliphatic rings. The van der Waals surface area contributed by atoms with Crippen LogP contribution in [-0.2, 0) is 21.3 Å². The van der Waals surface area contributed by atoms with Crippen molar-refractivity contribution >= 4 is 3.21 Å². The van der Waals surface area contributed by atoms with E-state index in [2.05, 4.69) is 129 Å². The monoisotopic (exact) mass is 514 g/mol. The molecule has 0 atom stereocenters. The molecule has 0 spiro atoms. The molecule has 2 aliphatic carbocycles. The molecule has 0 saturated heterocycles. The van der Waals surface area contributed by atoms with Crippen molar-refractivity contribution in [2.45, 2.75) is 23.9 Å². The molecule has 6 rings (SSSR count). The summed E-state index contributed by atoms with van der Waals surface area (Å²) >= 11 is -2.52. The zero-order valence-corrected chi connectivity index (χ0v) is 22.2. The van der Waals surface area contributed by atoms with Gasteiger partial charge < -0.3 is 0 Å². The van der Waals surface area contributed by atoms with Crippen LogP contribution in [0.5, 0.6) is 0 Å². The van der Waals surface area contributed by atoms with Crippen molar-refractivity contribution in [1.29, 1.82) is 0 Å². The molecule has 0 fully saturated rings. The van der Waals surface area contributed by atoms with E-state index in [1.165, 1.54) is 33.4 Å². The fraction of sp³-hybridized carbons (Fsp3) is 0.121. The molecular weight excluding hydrogens is 488 g/mol. The Kier molecular flexibility index (Phi) is 5.76.